The van der Waals surface area contributed by atoms with Crippen molar-refractivity contribution in [2.75, 3.05) is 52.6 Å². The SMILES string of the molecule is CC(C)N1CN(CCN2CCOCC2)CC2=C1CC(c1ccccc1)CC2=O. The van der Waals surface area contributed by atoms with Crippen molar-refractivity contribution in [3.8, 4) is 0 Å². The lowest BCUT2D eigenvalue weighted by atomic mass is 9.80. The Morgan fingerprint density at radius 2 is 1.75 bits per heavy atom. The van der Waals surface area contributed by atoms with Gasteiger partial charge in [0, 0.05) is 56.5 Å². The molecule has 1 saturated heterocycles. The molecule has 152 valence electrons. The van der Waals surface area contributed by atoms with E-state index in [4.69, 9.17) is 4.74 Å². The fourth-order valence-electron chi connectivity index (χ4n) is 4.67. The normalized spacial score (nSPS) is 24.8. The number of carbonyl (C=O) groups is 1. The highest BCUT2D eigenvalue weighted by Crippen LogP contribution is 2.38. The van der Waals surface area contributed by atoms with Gasteiger partial charge in [-0.05, 0) is 31.7 Å². The van der Waals surface area contributed by atoms with Crippen LogP contribution in [-0.4, -0.2) is 79.1 Å². The van der Waals surface area contributed by atoms with Crippen LogP contribution in [0.1, 0.15) is 38.2 Å². The first-order chi connectivity index (χ1) is 13.6. The second-order valence-corrected chi connectivity index (χ2v) is 8.58. The summed E-state index contributed by atoms with van der Waals surface area (Å²) in [6.07, 6.45) is 1.63. The van der Waals surface area contributed by atoms with E-state index in [0.29, 0.717) is 24.2 Å². The molecule has 1 aliphatic carbocycles. The molecule has 0 bridgehead atoms. The summed E-state index contributed by atoms with van der Waals surface area (Å²) >= 11 is 0. The second-order valence-electron chi connectivity index (χ2n) is 8.58. The van der Waals surface area contributed by atoms with Crippen molar-refractivity contribution in [3.63, 3.8) is 0 Å². The van der Waals surface area contributed by atoms with Crippen LogP contribution in [0.3, 0.4) is 0 Å². The molecule has 2 aliphatic heterocycles. The first kappa shape index (κ1) is 19.6. The van der Waals surface area contributed by atoms with Gasteiger partial charge in [0.25, 0.3) is 0 Å². The maximum absolute atomic E-state index is 13.1. The molecule has 5 nitrogen and oxygen atoms in total. The fraction of sp³-hybridized carbons (Fsp3) is 0.609. The highest BCUT2D eigenvalue weighted by Gasteiger charge is 2.36. The van der Waals surface area contributed by atoms with E-state index in [2.05, 4.69) is 52.8 Å². The Labute approximate surface area is 168 Å². The van der Waals surface area contributed by atoms with Crippen molar-refractivity contribution in [1.82, 2.24) is 14.7 Å². The van der Waals surface area contributed by atoms with Crippen LogP contribution in [0.2, 0.25) is 0 Å². The summed E-state index contributed by atoms with van der Waals surface area (Å²) in [5.41, 5.74) is 3.65. The van der Waals surface area contributed by atoms with Crippen molar-refractivity contribution >= 4 is 5.78 Å². The number of hydrogen-bond donors (Lipinski definition) is 0. The van der Waals surface area contributed by atoms with Gasteiger partial charge in [0.1, 0.15) is 0 Å². The van der Waals surface area contributed by atoms with Gasteiger partial charge in [-0.1, -0.05) is 30.3 Å². The quantitative estimate of drug-likeness (QED) is 0.781. The van der Waals surface area contributed by atoms with Gasteiger partial charge < -0.3 is 9.64 Å². The Balaban J connectivity index is 1.48. The van der Waals surface area contributed by atoms with Gasteiger partial charge in [-0.3, -0.25) is 14.6 Å². The third-order valence-corrected chi connectivity index (χ3v) is 6.37. The topological polar surface area (TPSA) is 36.0 Å². The molecule has 0 amide bonds. The van der Waals surface area contributed by atoms with E-state index in [1.165, 1.54) is 11.3 Å². The molecular formula is C23H33N3O2. The summed E-state index contributed by atoms with van der Waals surface area (Å²) in [7, 11) is 0. The molecular weight excluding hydrogens is 350 g/mol. The fourth-order valence-corrected chi connectivity index (χ4v) is 4.67. The van der Waals surface area contributed by atoms with Crippen LogP contribution in [0.15, 0.2) is 41.6 Å². The van der Waals surface area contributed by atoms with Gasteiger partial charge in [-0.25, -0.2) is 0 Å². The zero-order valence-corrected chi connectivity index (χ0v) is 17.3. The van der Waals surface area contributed by atoms with E-state index in [-0.39, 0.29) is 0 Å². The zero-order valence-electron chi connectivity index (χ0n) is 17.3. The first-order valence-corrected chi connectivity index (χ1v) is 10.7. The van der Waals surface area contributed by atoms with Crippen molar-refractivity contribution in [1.29, 1.82) is 0 Å². The number of nitrogens with zero attached hydrogens (tertiary/aromatic N) is 3. The molecule has 5 heteroatoms. The first-order valence-electron chi connectivity index (χ1n) is 10.7. The van der Waals surface area contributed by atoms with Crippen molar-refractivity contribution in [3.05, 3.63) is 47.2 Å². The van der Waals surface area contributed by atoms with E-state index < -0.39 is 0 Å². The van der Waals surface area contributed by atoms with Crippen LogP contribution in [-0.2, 0) is 9.53 Å². The highest BCUT2D eigenvalue weighted by molar-refractivity contribution is 5.98. The Hall–Kier alpha value is -1.69. The molecule has 28 heavy (non-hydrogen) atoms. The summed E-state index contributed by atoms with van der Waals surface area (Å²) in [4.78, 5) is 20.5. The van der Waals surface area contributed by atoms with Crippen LogP contribution in [0.5, 0.6) is 0 Å². The Bertz CT molecular complexity index is 710. The minimum atomic E-state index is 0.314. The molecule has 0 N–H and O–H groups in total. The van der Waals surface area contributed by atoms with Crippen LogP contribution < -0.4 is 0 Å². The number of benzene rings is 1. The van der Waals surface area contributed by atoms with Gasteiger partial charge in [0.15, 0.2) is 5.78 Å². The minimum Gasteiger partial charge on any atom is -0.379 e. The maximum Gasteiger partial charge on any atom is 0.162 e. The van der Waals surface area contributed by atoms with E-state index in [1.54, 1.807) is 0 Å². The van der Waals surface area contributed by atoms with Crippen molar-refractivity contribution in [2.24, 2.45) is 0 Å². The Morgan fingerprint density at radius 1 is 1.04 bits per heavy atom. The third-order valence-electron chi connectivity index (χ3n) is 6.37. The minimum absolute atomic E-state index is 0.314. The van der Waals surface area contributed by atoms with Gasteiger partial charge in [-0.15, -0.1) is 0 Å². The lowest BCUT2D eigenvalue weighted by Gasteiger charge is -2.45. The third kappa shape index (κ3) is 4.32. The average Bonchev–Trinajstić information content (AvgIpc) is 2.73. The van der Waals surface area contributed by atoms with E-state index in [1.807, 2.05) is 6.07 Å². The predicted octanol–water partition coefficient (Wildman–Crippen LogP) is 2.70. The Kier molecular flexibility index (Phi) is 6.14. The van der Waals surface area contributed by atoms with E-state index in [0.717, 1.165) is 64.6 Å². The lowest BCUT2D eigenvalue weighted by Crippen LogP contribution is -2.51. The molecule has 1 aromatic carbocycles. The molecule has 2 heterocycles. The zero-order chi connectivity index (χ0) is 19.5. The standard InChI is InChI=1S/C23H33N3O2/c1-18(2)26-17-25(9-8-24-10-12-28-13-11-24)16-21-22(26)14-20(15-23(21)27)19-6-4-3-5-7-19/h3-7,18,20H,8-17H2,1-2H3. The number of allylic oxidation sites excluding steroid dienone is 1. The van der Waals surface area contributed by atoms with Crippen LogP contribution in [0.25, 0.3) is 0 Å². The maximum atomic E-state index is 13.1. The number of Topliss-reactive ketones (excluding diaryl/α,β-unsaturated/α-hetero) is 1. The van der Waals surface area contributed by atoms with Gasteiger partial charge in [-0.2, -0.15) is 0 Å². The van der Waals surface area contributed by atoms with Gasteiger partial charge >= 0.3 is 0 Å². The lowest BCUT2D eigenvalue weighted by molar-refractivity contribution is -0.117. The highest BCUT2D eigenvalue weighted by atomic mass is 16.5. The summed E-state index contributed by atoms with van der Waals surface area (Å²) in [5, 5.41) is 0. The van der Waals surface area contributed by atoms with E-state index >= 15 is 0 Å². The summed E-state index contributed by atoms with van der Waals surface area (Å²) in [5.74, 6) is 0.658. The summed E-state index contributed by atoms with van der Waals surface area (Å²) in [6, 6.07) is 10.9. The Morgan fingerprint density at radius 3 is 2.46 bits per heavy atom. The smallest absolute Gasteiger partial charge is 0.162 e. The molecule has 1 atom stereocenters. The summed E-state index contributed by atoms with van der Waals surface area (Å²) in [6.45, 7) is 12.0. The number of carbonyl (C=O) groups excluding carboxylic acids is 1. The summed E-state index contributed by atoms with van der Waals surface area (Å²) < 4.78 is 5.46. The largest absolute Gasteiger partial charge is 0.379 e. The van der Waals surface area contributed by atoms with Crippen molar-refractivity contribution < 1.29 is 9.53 Å². The van der Waals surface area contributed by atoms with Crippen LogP contribution in [0, 0.1) is 0 Å². The second kappa shape index (κ2) is 8.76. The van der Waals surface area contributed by atoms with E-state index in [9.17, 15) is 4.79 Å². The predicted molar refractivity (Wildman–Crippen MR) is 111 cm³/mol. The molecule has 0 radical (unpaired) electrons. The van der Waals surface area contributed by atoms with Crippen LogP contribution in [0.4, 0.5) is 0 Å². The number of hydrogen-bond acceptors (Lipinski definition) is 5. The number of morpholine rings is 1. The average molecular weight is 384 g/mol. The molecule has 0 spiro atoms. The van der Waals surface area contributed by atoms with Gasteiger partial charge in [0.2, 0.25) is 0 Å². The molecule has 3 aliphatic rings. The number of ether oxygens (including phenoxy) is 1. The number of ketones is 1. The molecule has 0 aromatic heterocycles. The number of rotatable bonds is 5. The molecule has 1 unspecified atom stereocenters. The molecule has 1 aromatic rings. The molecule has 4 rings (SSSR count). The van der Waals surface area contributed by atoms with Crippen molar-refractivity contribution in [2.45, 2.75) is 38.6 Å². The monoisotopic (exact) mass is 383 g/mol. The molecule has 1 fully saturated rings. The van der Waals surface area contributed by atoms with Crippen LogP contribution >= 0.6 is 0 Å². The van der Waals surface area contributed by atoms with Gasteiger partial charge in [0.05, 0.1) is 19.9 Å². The molecule has 0 saturated carbocycles.